The molecular formula is C17H24Cl2N2O. The Balaban J connectivity index is 3.02. The fourth-order valence-electron chi connectivity index (χ4n) is 2.63. The van der Waals surface area contributed by atoms with E-state index in [0.29, 0.717) is 28.7 Å². The first-order valence-corrected chi connectivity index (χ1v) is 7.87. The summed E-state index contributed by atoms with van der Waals surface area (Å²) in [5.41, 5.74) is 0.188. The molecule has 0 aliphatic heterocycles. The van der Waals surface area contributed by atoms with Crippen molar-refractivity contribution in [2.45, 2.75) is 6.92 Å². The van der Waals surface area contributed by atoms with Crippen molar-refractivity contribution in [3.63, 3.8) is 0 Å². The summed E-state index contributed by atoms with van der Waals surface area (Å²) in [7, 11) is 7.87. The third kappa shape index (κ3) is 5.40. The second kappa shape index (κ2) is 8.11. The number of allylic oxidation sites excluding steroid dienone is 1. The maximum Gasteiger partial charge on any atom is 0.164 e. The van der Waals surface area contributed by atoms with E-state index in [1.807, 2.05) is 44.9 Å². The van der Waals surface area contributed by atoms with Gasteiger partial charge < -0.3 is 9.80 Å². The topological polar surface area (TPSA) is 23.6 Å². The van der Waals surface area contributed by atoms with Gasteiger partial charge in [0.1, 0.15) is 0 Å². The summed E-state index contributed by atoms with van der Waals surface area (Å²) in [6.07, 6.45) is 3.29. The average Bonchev–Trinajstić information content (AvgIpc) is 2.35. The molecule has 0 radical (unpaired) electrons. The molecule has 22 heavy (non-hydrogen) atoms. The lowest BCUT2D eigenvalue weighted by Crippen LogP contribution is -2.44. The van der Waals surface area contributed by atoms with E-state index >= 15 is 0 Å². The molecule has 0 bridgehead atoms. The lowest BCUT2D eigenvalue weighted by atomic mass is 9.84. The van der Waals surface area contributed by atoms with Crippen LogP contribution in [-0.2, 0) is 4.79 Å². The Hall–Kier alpha value is -0.870. The van der Waals surface area contributed by atoms with Crippen molar-refractivity contribution in [2.75, 3.05) is 41.3 Å². The summed E-state index contributed by atoms with van der Waals surface area (Å²) < 4.78 is 0. The molecule has 1 aromatic rings. The van der Waals surface area contributed by atoms with Crippen LogP contribution in [0.2, 0.25) is 10.0 Å². The molecule has 0 amide bonds. The van der Waals surface area contributed by atoms with Crippen LogP contribution in [0.1, 0.15) is 12.5 Å². The fraction of sp³-hybridized carbons (Fsp3) is 0.471. The smallest absolute Gasteiger partial charge is 0.164 e. The van der Waals surface area contributed by atoms with Gasteiger partial charge in [0.2, 0.25) is 0 Å². The van der Waals surface area contributed by atoms with Gasteiger partial charge in [-0.2, -0.15) is 0 Å². The van der Waals surface area contributed by atoms with Crippen LogP contribution in [0.4, 0.5) is 0 Å². The first kappa shape index (κ1) is 19.2. The molecule has 0 saturated carbocycles. The van der Waals surface area contributed by atoms with Gasteiger partial charge >= 0.3 is 0 Å². The SMILES string of the molecule is CN(C)CC(C)(CN(C)C)C(=O)/C=C/c1c(Cl)cccc1Cl. The highest BCUT2D eigenvalue weighted by Crippen LogP contribution is 2.27. The number of hydrogen-bond acceptors (Lipinski definition) is 3. The lowest BCUT2D eigenvalue weighted by Gasteiger charge is -2.32. The van der Waals surface area contributed by atoms with E-state index in [4.69, 9.17) is 23.2 Å². The standard InChI is InChI=1S/C17H24Cl2N2O/c1-17(11-20(2)3,12-21(4)5)16(22)10-9-13-14(18)7-6-8-15(13)19/h6-10H,11-12H2,1-5H3/b10-9+. The summed E-state index contributed by atoms with van der Waals surface area (Å²) in [6.45, 7) is 3.32. The predicted molar refractivity (Wildman–Crippen MR) is 95.7 cm³/mol. The van der Waals surface area contributed by atoms with Gasteiger partial charge in [-0.25, -0.2) is 0 Å². The minimum absolute atomic E-state index is 0.0610. The van der Waals surface area contributed by atoms with E-state index in [0.717, 1.165) is 0 Å². The van der Waals surface area contributed by atoms with Crippen molar-refractivity contribution in [3.05, 3.63) is 39.9 Å². The maximum absolute atomic E-state index is 12.7. The number of halogens is 2. The van der Waals surface area contributed by atoms with Crippen molar-refractivity contribution >= 4 is 35.1 Å². The number of benzene rings is 1. The summed E-state index contributed by atoms with van der Waals surface area (Å²) >= 11 is 12.3. The Kier molecular flexibility index (Phi) is 7.07. The Labute approximate surface area is 143 Å². The van der Waals surface area contributed by atoms with Gasteiger partial charge in [-0.15, -0.1) is 0 Å². The van der Waals surface area contributed by atoms with Crippen LogP contribution in [0, 0.1) is 5.41 Å². The third-order valence-corrected chi connectivity index (χ3v) is 3.99. The highest BCUT2D eigenvalue weighted by Gasteiger charge is 2.32. The number of nitrogens with zero attached hydrogens (tertiary/aromatic N) is 2. The molecule has 0 aliphatic carbocycles. The number of hydrogen-bond donors (Lipinski definition) is 0. The zero-order valence-electron chi connectivity index (χ0n) is 13.9. The van der Waals surface area contributed by atoms with Crippen molar-refractivity contribution in [1.82, 2.24) is 9.80 Å². The summed E-state index contributed by atoms with van der Waals surface area (Å²) in [4.78, 5) is 16.8. The summed E-state index contributed by atoms with van der Waals surface area (Å²) in [5, 5.41) is 1.08. The monoisotopic (exact) mass is 342 g/mol. The minimum atomic E-state index is -0.489. The van der Waals surface area contributed by atoms with Crippen molar-refractivity contribution in [1.29, 1.82) is 0 Å². The van der Waals surface area contributed by atoms with E-state index in [-0.39, 0.29) is 5.78 Å². The molecule has 0 aromatic heterocycles. The van der Waals surface area contributed by atoms with Gasteiger partial charge in [-0.05, 0) is 59.4 Å². The molecule has 0 heterocycles. The highest BCUT2D eigenvalue weighted by atomic mass is 35.5. The van der Waals surface area contributed by atoms with Crippen molar-refractivity contribution in [2.24, 2.45) is 5.41 Å². The largest absolute Gasteiger partial charge is 0.308 e. The van der Waals surface area contributed by atoms with E-state index in [1.54, 1.807) is 30.4 Å². The molecule has 0 spiro atoms. The van der Waals surface area contributed by atoms with Gasteiger partial charge in [-0.3, -0.25) is 4.79 Å². The number of rotatable bonds is 7. The zero-order chi connectivity index (χ0) is 16.9. The van der Waals surface area contributed by atoms with Gasteiger partial charge in [0.25, 0.3) is 0 Å². The zero-order valence-corrected chi connectivity index (χ0v) is 15.4. The first-order chi connectivity index (χ1) is 10.2. The molecule has 0 aliphatic rings. The van der Waals surface area contributed by atoms with Crippen LogP contribution in [0.3, 0.4) is 0 Å². The summed E-state index contributed by atoms with van der Waals surface area (Å²) in [6, 6.07) is 5.30. The molecule has 0 fully saturated rings. The van der Waals surface area contributed by atoms with Gasteiger partial charge in [0.05, 0.1) is 5.41 Å². The normalized spacial score (nSPS) is 12.6. The van der Waals surface area contributed by atoms with Crippen LogP contribution in [0.25, 0.3) is 6.08 Å². The average molecular weight is 343 g/mol. The maximum atomic E-state index is 12.7. The minimum Gasteiger partial charge on any atom is -0.308 e. The van der Waals surface area contributed by atoms with Gasteiger partial charge in [0, 0.05) is 28.7 Å². The highest BCUT2D eigenvalue weighted by molar-refractivity contribution is 6.37. The second-order valence-corrected chi connectivity index (χ2v) is 7.18. The van der Waals surface area contributed by atoms with Crippen LogP contribution in [-0.4, -0.2) is 56.9 Å². The molecule has 0 unspecified atom stereocenters. The lowest BCUT2D eigenvalue weighted by molar-refractivity contribution is -0.124. The molecule has 0 atom stereocenters. The third-order valence-electron chi connectivity index (χ3n) is 3.33. The molecule has 1 aromatic carbocycles. The Morgan fingerprint density at radius 3 is 1.95 bits per heavy atom. The molecule has 122 valence electrons. The van der Waals surface area contributed by atoms with Crippen molar-refractivity contribution in [3.8, 4) is 0 Å². The Morgan fingerprint density at radius 2 is 1.55 bits per heavy atom. The predicted octanol–water partition coefficient (Wildman–Crippen LogP) is 3.71. The van der Waals surface area contributed by atoms with Crippen LogP contribution in [0.5, 0.6) is 0 Å². The first-order valence-electron chi connectivity index (χ1n) is 7.12. The van der Waals surface area contributed by atoms with Crippen LogP contribution in [0.15, 0.2) is 24.3 Å². The van der Waals surface area contributed by atoms with Crippen LogP contribution < -0.4 is 0 Å². The Morgan fingerprint density at radius 1 is 1.09 bits per heavy atom. The van der Waals surface area contributed by atoms with Crippen molar-refractivity contribution < 1.29 is 4.79 Å². The van der Waals surface area contributed by atoms with Gasteiger partial charge in [0.15, 0.2) is 5.78 Å². The van der Waals surface area contributed by atoms with E-state index in [1.165, 1.54) is 0 Å². The van der Waals surface area contributed by atoms with Crippen LogP contribution >= 0.6 is 23.2 Å². The Bertz CT molecular complexity index is 523. The van der Waals surface area contributed by atoms with E-state index < -0.39 is 5.41 Å². The van der Waals surface area contributed by atoms with E-state index in [9.17, 15) is 4.79 Å². The van der Waals surface area contributed by atoms with E-state index in [2.05, 4.69) is 0 Å². The number of carbonyl (C=O) groups is 1. The molecule has 0 saturated heterocycles. The second-order valence-electron chi connectivity index (χ2n) is 6.37. The molecule has 3 nitrogen and oxygen atoms in total. The van der Waals surface area contributed by atoms with Gasteiger partial charge in [-0.1, -0.05) is 29.3 Å². The summed E-state index contributed by atoms with van der Waals surface area (Å²) in [5.74, 6) is 0.0610. The molecule has 5 heteroatoms. The molecule has 0 N–H and O–H groups in total. The fourth-order valence-corrected chi connectivity index (χ4v) is 3.16. The molecule has 1 rings (SSSR count). The number of carbonyl (C=O) groups excluding carboxylic acids is 1. The quantitative estimate of drug-likeness (QED) is 0.705. The molecular weight excluding hydrogens is 319 g/mol. The number of ketones is 1.